The molecule has 1 N–H and O–H groups in total. The van der Waals surface area contributed by atoms with E-state index in [-0.39, 0.29) is 18.1 Å². The number of benzene rings is 1. The molecule has 4 rings (SSSR count). The number of allylic oxidation sites excluding steroid dienone is 3. The SMILES string of the molecule is C/C=C\C=C(/C)C1CNC(=O)N1C1CCN(Cc2ccc(Oc3ccc(OC)cc3)nc2C)CC1. The number of hydrogen-bond donors (Lipinski definition) is 1. The first-order valence-corrected chi connectivity index (χ1v) is 12.3. The van der Waals surface area contributed by atoms with Crippen LogP contribution in [0.25, 0.3) is 0 Å². The number of nitrogens with zero attached hydrogens (tertiary/aromatic N) is 3. The number of carbonyl (C=O) groups is 1. The largest absolute Gasteiger partial charge is 0.497 e. The number of pyridine rings is 1. The quantitative estimate of drug-likeness (QED) is 0.539. The second kappa shape index (κ2) is 11.4. The molecule has 2 saturated heterocycles. The lowest BCUT2D eigenvalue weighted by molar-refractivity contribution is 0.119. The van der Waals surface area contributed by atoms with Crippen LogP contribution in [0.15, 0.2) is 60.2 Å². The van der Waals surface area contributed by atoms with E-state index >= 15 is 0 Å². The van der Waals surface area contributed by atoms with E-state index in [0.717, 1.165) is 49.7 Å². The van der Waals surface area contributed by atoms with Gasteiger partial charge in [0.1, 0.15) is 11.5 Å². The van der Waals surface area contributed by atoms with Gasteiger partial charge in [-0.25, -0.2) is 9.78 Å². The summed E-state index contributed by atoms with van der Waals surface area (Å²) in [4.78, 5) is 21.8. The lowest BCUT2D eigenvalue weighted by atomic mass is 9.99. The molecule has 0 radical (unpaired) electrons. The fraction of sp³-hybridized carbons (Fsp3) is 0.429. The number of amides is 2. The Hall–Kier alpha value is -3.32. The molecule has 2 aliphatic heterocycles. The zero-order valence-corrected chi connectivity index (χ0v) is 21.2. The van der Waals surface area contributed by atoms with Crippen LogP contribution in [0, 0.1) is 6.92 Å². The Morgan fingerprint density at radius 2 is 1.86 bits per heavy atom. The number of likely N-dealkylation sites (tertiary alicyclic amines) is 1. The molecule has 2 fully saturated rings. The predicted octanol–water partition coefficient (Wildman–Crippen LogP) is 5.07. The first-order valence-electron chi connectivity index (χ1n) is 12.3. The van der Waals surface area contributed by atoms with Crippen LogP contribution in [0.2, 0.25) is 0 Å². The Morgan fingerprint density at radius 1 is 1.14 bits per heavy atom. The normalized spacial score (nSPS) is 19.9. The number of carbonyl (C=O) groups excluding carboxylic acids is 1. The van der Waals surface area contributed by atoms with Gasteiger partial charge in [-0.15, -0.1) is 0 Å². The molecule has 3 heterocycles. The fourth-order valence-corrected chi connectivity index (χ4v) is 4.83. The van der Waals surface area contributed by atoms with Crippen molar-refractivity contribution in [1.82, 2.24) is 20.1 Å². The van der Waals surface area contributed by atoms with Gasteiger partial charge < -0.3 is 19.7 Å². The van der Waals surface area contributed by atoms with Crippen molar-refractivity contribution in [1.29, 1.82) is 0 Å². The first kappa shape index (κ1) is 24.8. The molecule has 2 amide bonds. The Labute approximate surface area is 208 Å². The Morgan fingerprint density at radius 3 is 2.51 bits per heavy atom. The number of aromatic nitrogens is 1. The van der Waals surface area contributed by atoms with Crippen molar-refractivity contribution < 1.29 is 14.3 Å². The van der Waals surface area contributed by atoms with Crippen LogP contribution in [0.1, 0.15) is 37.9 Å². The molecular formula is C28H36N4O3. The van der Waals surface area contributed by atoms with Crippen molar-refractivity contribution in [2.45, 2.75) is 52.2 Å². The molecule has 0 spiro atoms. The number of aryl methyl sites for hydroxylation is 1. The number of piperidine rings is 1. The monoisotopic (exact) mass is 476 g/mol. The molecule has 1 aromatic carbocycles. The Bertz CT molecular complexity index is 1070. The van der Waals surface area contributed by atoms with Crippen LogP contribution < -0.4 is 14.8 Å². The topological polar surface area (TPSA) is 66.9 Å². The molecule has 7 nitrogen and oxygen atoms in total. The smallest absolute Gasteiger partial charge is 0.318 e. The number of ether oxygens (including phenoxy) is 2. The Balaban J connectivity index is 1.33. The van der Waals surface area contributed by atoms with Crippen molar-refractivity contribution in [2.75, 3.05) is 26.7 Å². The highest BCUT2D eigenvalue weighted by atomic mass is 16.5. The average molecular weight is 477 g/mol. The van der Waals surface area contributed by atoms with E-state index in [1.807, 2.05) is 56.3 Å². The lowest BCUT2D eigenvalue weighted by Crippen LogP contribution is -2.49. The highest BCUT2D eigenvalue weighted by Gasteiger charge is 2.38. The van der Waals surface area contributed by atoms with Crippen LogP contribution in [-0.2, 0) is 6.54 Å². The van der Waals surface area contributed by atoms with Crippen molar-refractivity contribution in [2.24, 2.45) is 0 Å². The van der Waals surface area contributed by atoms with Gasteiger partial charge in [0.25, 0.3) is 0 Å². The van der Waals surface area contributed by atoms with Crippen molar-refractivity contribution >= 4 is 6.03 Å². The zero-order chi connectivity index (χ0) is 24.8. The van der Waals surface area contributed by atoms with Crippen molar-refractivity contribution in [3.63, 3.8) is 0 Å². The summed E-state index contributed by atoms with van der Waals surface area (Å²) in [5.41, 5.74) is 3.40. The summed E-state index contributed by atoms with van der Waals surface area (Å²) in [5.74, 6) is 2.11. The van der Waals surface area contributed by atoms with E-state index < -0.39 is 0 Å². The van der Waals surface area contributed by atoms with E-state index in [0.29, 0.717) is 12.4 Å². The first-order chi connectivity index (χ1) is 17.0. The number of methoxy groups -OCH3 is 1. The number of hydrogen-bond acceptors (Lipinski definition) is 5. The minimum Gasteiger partial charge on any atom is -0.497 e. The highest BCUT2D eigenvalue weighted by molar-refractivity contribution is 5.78. The third-order valence-electron chi connectivity index (χ3n) is 6.89. The van der Waals surface area contributed by atoms with E-state index in [9.17, 15) is 4.79 Å². The van der Waals surface area contributed by atoms with E-state index in [1.54, 1.807) is 7.11 Å². The number of nitrogens with one attached hydrogen (secondary N) is 1. The molecule has 1 aromatic heterocycles. The summed E-state index contributed by atoms with van der Waals surface area (Å²) in [7, 11) is 1.65. The molecule has 2 aliphatic rings. The zero-order valence-electron chi connectivity index (χ0n) is 21.2. The van der Waals surface area contributed by atoms with E-state index in [1.165, 1.54) is 11.1 Å². The number of urea groups is 1. The van der Waals surface area contributed by atoms with Gasteiger partial charge in [0.2, 0.25) is 5.88 Å². The maximum Gasteiger partial charge on any atom is 0.318 e. The standard InChI is InChI=1S/C28H36N4O3/c1-5-6-7-20(2)26-18-29-28(33)32(26)23-14-16-31(17-15-23)19-22-8-13-27(30-21(22)3)35-25-11-9-24(34-4)10-12-25/h5-13,23,26H,14-19H2,1-4H3,(H,29,33)/b6-5-,20-7+. The minimum absolute atomic E-state index is 0.0640. The third kappa shape index (κ3) is 6.03. The third-order valence-corrected chi connectivity index (χ3v) is 6.89. The maximum atomic E-state index is 12.6. The summed E-state index contributed by atoms with van der Waals surface area (Å²) >= 11 is 0. The molecular weight excluding hydrogens is 440 g/mol. The minimum atomic E-state index is 0.0640. The van der Waals surface area contributed by atoms with Gasteiger partial charge >= 0.3 is 6.03 Å². The average Bonchev–Trinajstić information content (AvgIpc) is 3.26. The van der Waals surface area contributed by atoms with Gasteiger partial charge in [0.05, 0.1) is 13.2 Å². The van der Waals surface area contributed by atoms with Gasteiger partial charge in [-0.2, -0.15) is 0 Å². The second-order valence-electron chi connectivity index (χ2n) is 9.22. The summed E-state index contributed by atoms with van der Waals surface area (Å²) in [5, 5.41) is 3.04. The molecule has 35 heavy (non-hydrogen) atoms. The van der Waals surface area contributed by atoms with E-state index in [4.69, 9.17) is 9.47 Å². The highest BCUT2D eigenvalue weighted by Crippen LogP contribution is 2.27. The molecule has 2 aromatic rings. The summed E-state index contributed by atoms with van der Waals surface area (Å²) in [6.07, 6.45) is 8.14. The van der Waals surface area contributed by atoms with Crippen LogP contribution in [0.3, 0.4) is 0 Å². The van der Waals surface area contributed by atoms with Crippen molar-refractivity contribution in [3.05, 3.63) is 71.5 Å². The van der Waals surface area contributed by atoms with E-state index in [2.05, 4.69) is 39.2 Å². The van der Waals surface area contributed by atoms with Crippen LogP contribution >= 0.6 is 0 Å². The van der Waals surface area contributed by atoms with Gasteiger partial charge in [-0.05, 0) is 69.0 Å². The molecule has 7 heteroatoms. The second-order valence-corrected chi connectivity index (χ2v) is 9.22. The molecule has 186 valence electrons. The molecule has 0 aliphatic carbocycles. The Kier molecular flexibility index (Phi) is 8.08. The van der Waals surface area contributed by atoms with Crippen LogP contribution in [0.4, 0.5) is 4.79 Å². The fourth-order valence-electron chi connectivity index (χ4n) is 4.83. The van der Waals surface area contributed by atoms with Crippen LogP contribution in [-0.4, -0.2) is 59.6 Å². The lowest BCUT2D eigenvalue weighted by Gasteiger charge is -2.39. The van der Waals surface area contributed by atoms with Crippen LogP contribution in [0.5, 0.6) is 17.4 Å². The molecule has 1 atom stereocenters. The van der Waals surface area contributed by atoms with Gasteiger partial charge in [-0.3, -0.25) is 4.90 Å². The molecule has 1 unspecified atom stereocenters. The maximum absolute atomic E-state index is 12.6. The van der Waals surface area contributed by atoms with Crippen molar-refractivity contribution in [3.8, 4) is 17.4 Å². The van der Waals surface area contributed by atoms with Gasteiger partial charge in [0.15, 0.2) is 0 Å². The molecule has 0 bridgehead atoms. The van der Waals surface area contributed by atoms with Gasteiger partial charge in [0, 0.05) is 44.0 Å². The summed E-state index contributed by atoms with van der Waals surface area (Å²) < 4.78 is 11.1. The predicted molar refractivity (Wildman–Crippen MR) is 138 cm³/mol. The summed E-state index contributed by atoms with van der Waals surface area (Å²) in [6, 6.07) is 12.0. The molecule has 0 saturated carbocycles. The van der Waals surface area contributed by atoms with Gasteiger partial charge in [-0.1, -0.05) is 24.3 Å². The summed E-state index contributed by atoms with van der Waals surface area (Å²) in [6.45, 7) is 9.62. The number of rotatable bonds is 8.